The number of carbonyl (C=O) groups excluding carboxylic acids is 4. The van der Waals surface area contributed by atoms with Gasteiger partial charge in [0.15, 0.2) is 0 Å². The molecule has 49 heavy (non-hydrogen) atoms. The van der Waals surface area contributed by atoms with E-state index in [1.54, 1.807) is 74.2 Å². The van der Waals surface area contributed by atoms with Crippen molar-refractivity contribution in [1.82, 2.24) is 15.1 Å². The van der Waals surface area contributed by atoms with E-state index in [1.165, 1.54) is 4.31 Å². The highest BCUT2D eigenvalue weighted by Crippen LogP contribution is 2.36. The molecule has 0 spiro atoms. The molecule has 3 aromatic carbocycles. The van der Waals surface area contributed by atoms with Crippen LogP contribution in [-0.2, 0) is 26.0 Å². The third kappa shape index (κ3) is 8.60. The molecule has 11 nitrogen and oxygen atoms in total. The molecule has 0 aliphatic carbocycles. The number of amides is 4. The van der Waals surface area contributed by atoms with Gasteiger partial charge in [-0.3, -0.25) is 23.6 Å². The number of rotatable bonds is 10. The van der Waals surface area contributed by atoms with Gasteiger partial charge in [0, 0.05) is 31.1 Å². The Morgan fingerprint density at radius 1 is 0.939 bits per heavy atom. The molecule has 2 aliphatic rings. The van der Waals surface area contributed by atoms with E-state index in [-0.39, 0.29) is 31.3 Å². The molecule has 0 saturated carbocycles. The quantitative estimate of drug-likeness (QED) is 0.285. The zero-order chi connectivity index (χ0) is 35.5. The minimum Gasteiger partial charge on any atom is -0.444 e. The SMILES string of the molecule is CC(C)(C)OC(=O)N[C@H](Cc1ccc(Cl)cc1)C(=O)N1CCC(c2ccccc2N(CCN2C(=O)c3ccccc3C2=O)S(C)(=O)=O)CC1. The summed E-state index contributed by atoms with van der Waals surface area (Å²) in [4.78, 5) is 55.3. The molecule has 1 fully saturated rings. The highest BCUT2D eigenvalue weighted by atomic mass is 35.5. The van der Waals surface area contributed by atoms with Gasteiger partial charge in [0.05, 0.1) is 29.6 Å². The molecular weight excluding hydrogens is 668 g/mol. The summed E-state index contributed by atoms with van der Waals surface area (Å²) in [6.07, 6.45) is 1.77. The Bertz CT molecular complexity index is 1800. The lowest BCUT2D eigenvalue weighted by atomic mass is 9.88. The third-order valence-electron chi connectivity index (χ3n) is 8.60. The van der Waals surface area contributed by atoms with Crippen LogP contribution >= 0.6 is 11.6 Å². The van der Waals surface area contributed by atoms with Crippen molar-refractivity contribution in [3.63, 3.8) is 0 Å². The van der Waals surface area contributed by atoms with Crippen LogP contribution in [-0.4, -0.2) is 86.1 Å². The average molecular weight is 709 g/mol. The van der Waals surface area contributed by atoms with Gasteiger partial charge in [-0.25, -0.2) is 13.2 Å². The Kier molecular flexibility index (Phi) is 10.7. The normalized spacial score (nSPS) is 15.9. The van der Waals surface area contributed by atoms with Gasteiger partial charge >= 0.3 is 6.09 Å². The second-order valence-corrected chi connectivity index (χ2v) is 15.7. The minimum atomic E-state index is -3.81. The van der Waals surface area contributed by atoms with Gasteiger partial charge in [-0.15, -0.1) is 0 Å². The molecule has 5 rings (SSSR count). The zero-order valence-electron chi connectivity index (χ0n) is 28.0. The van der Waals surface area contributed by atoms with Crippen molar-refractivity contribution < 1.29 is 32.3 Å². The highest BCUT2D eigenvalue weighted by Gasteiger charge is 2.37. The van der Waals surface area contributed by atoms with Crippen molar-refractivity contribution in [1.29, 1.82) is 0 Å². The number of likely N-dealkylation sites (tertiary alicyclic amines) is 1. The molecule has 3 aromatic rings. The Labute approximate surface area is 292 Å². The Hall–Kier alpha value is -4.42. The molecule has 260 valence electrons. The summed E-state index contributed by atoms with van der Waals surface area (Å²) >= 11 is 6.05. The lowest BCUT2D eigenvalue weighted by Gasteiger charge is -2.36. The van der Waals surface area contributed by atoms with Gasteiger partial charge in [-0.2, -0.15) is 0 Å². The number of imide groups is 1. The molecule has 1 N–H and O–H groups in total. The maximum absolute atomic E-state index is 13.8. The van der Waals surface area contributed by atoms with Crippen LogP contribution < -0.4 is 9.62 Å². The lowest BCUT2D eigenvalue weighted by molar-refractivity contribution is -0.134. The van der Waals surface area contributed by atoms with Crippen LogP contribution in [0.25, 0.3) is 0 Å². The van der Waals surface area contributed by atoms with Crippen molar-refractivity contribution in [2.24, 2.45) is 0 Å². The van der Waals surface area contributed by atoms with E-state index in [2.05, 4.69) is 5.32 Å². The van der Waals surface area contributed by atoms with Gasteiger partial charge in [0.2, 0.25) is 15.9 Å². The molecule has 13 heteroatoms. The first-order chi connectivity index (χ1) is 23.1. The first-order valence-corrected chi connectivity index (χ1v) is 18.4. The van der Waals surface area contributed by atoms with Crippen molar-refractivity contribution in [3.8, 4) is 0 Å². The summed E-state index contributed by atoms with van der Waals surface area (Å²) in [7, 11) is -3.81. The topological polar surface area (TPSA) is 133 Å². The molecule has 0 bridgehead atoms. The van der Waals surface area contributed by atoms with Crippen LogP contribution in [0.4, 0.5) is 10.5 Å². The predicted molar refractivity (Wildman–Crippen MR) is 187 cm³/mol. The number of hydrogen-bond donors (Lipinski definition) is 1. The fourth-order valence-corrected chi connectivity index (χ4v) is 7.36. The van der Waals surface area contributed by atoms with E-state index >= 15 is 0 Å². The molecule has 0 aromatic heterocycles. The van der Waals surface area contributed by atoms with Crippen LogP contribution in [0.5, 0.6) is 0 Å². The standard InChI is InChI=1S/C36H41ClN4O7S/c1-36(2,3)48-35(45)38-30(23-24-13-15-26(37)16-14-24)34(44)39-19-17-25(18-20-39)27-9-7-8-12-31(27)41(49(4,46)47)22-21-40-32(42)28-10-5-6-11-29(28)33(40)43/h5-16,25,30H,17-23H2,1-4H3,(H,38,45)/t30-/m1/s1. The first-order valence-electron chi connectivity index (χ1n) is 16.2. The van der Waals surface area contributed by atoms with E-state index in [0.717, 1.165) is 22.3 Å². The smallest absolute Gasteiger partial charge is 0.408 e. The minimum absolute atomic E-state index is 0.0719. The lowest BCUT2D eigenvalue weighted by Crippen LogP contribution is -2.52. The number of hydrogen-bond acceptors (Lipinski definition) is 7. The largest absolute Gasteiger partial charge is 0.444 e. The summed E-state index contributed by atoms with van der Waals surface area (Å²) < 4.78 is 33.0. The first kappa shape index (κ1) is 35.9. The summed E-state index contributed by atoms with van der Waals surface area (Å²) in [6.45, 7) is 5.81. The number of nitrogens with zero attached hydrogens (tertiary/aromatic N) is 3. The van der Waals surface area contributed by atoms with Crippen LogP contribution in [0.3, 0.4) is 0 Å². The number of anilines is 1. The molecule has 1 saturated heterocycles. The Morgan fingerprint density at radius 2 is 1.51 bits per heavy atom. The molecule has 0 unspecified atom stereocenters. The average Bonchev–Trinajstić information content (AvgIpc) is 3.29. The monoisotopic (exact) mass is 708 g/mol. The van der Waals surface area contributed by atoms with Crippen molar-refractivity contribution in [2.75, 3.05) is 36.7 Å². The number of halogens is 1. The van der Waals surface area contributed by atoms with Gasteiger partial charge < -0.3 is 15.0 Å². The van der Waals surface area contributed by atoms with Gasteiger partial charge in [-0.1, -0.05) is 54.1 Å². The number of carbonyl (C=O) groups is 4. The van der Waals surface area contributed by atoms with Crippen LogP contribution in [0, 0.1) is 0 Å². The molecule has 4 amide bonds. The van der Waals surface area contributed by atoms with Crippen LogP contribution in [0.1, 0.15) is 71.4 Å². The molecular formula is C36H41ClN4O7S. The second-order valence-electron chi connectivity index (χ2n) is 13.3. The fraction of sp³-hybridized carbons (Fsp3) is 0.389. The summed E-state index contributed by atoms with van der Waals surface area (Å²) in [5.41, 5.74) is 1.96. The Balaban J connectivity index is 1.30. The molecule has 1 atom stereocenters. The number of para-hydroxylation sites is 1. The number of nitrogens with one attached hydrogen (secondary N) is 1. The zero-order valence-corrected chi connectivity index (χ0v) is 29.6. The van der Waals surface area contributed by atoms with Crippen molar-refractivity contribution in [2.45, 2.75) is 57.6 Å². The maximum Gasteiger partial charge on any atom is 0.408 e. The van der Waals surface area contributed by atoms with Crippen LogP contribution in [0.15, 0.2) is 72.8 Å². The number of benzene rings is 3. The number of piperidine rings is 1. The predicted octanol–water partition coefficient (Wildman–Crippen LogP) is 5.24. The third-order valence-corrected chi connectivity index (χ3v) is 10.0. The number of alkyl carbamates (subject to hydrolysis) is 1. The van der Waals surface area contributed by atoms with Gasteiger partial charge in [-0.05, 0) is 81.0 Å². The Morgan fingerprint density at radius 3 is 2.08 bits per heavy atom. The number of fused-ring (bicyclic) bond motifs is 1. The van der Waals surface area contributed by atoms with Crippen molar-refractivity contribution in [3.05, 3.63) is 100 Å². The van der Waals surface area contributed by atoms with Crippen molar-refractivity contribution >= 4 is 51.1 Å². The fourth-order valence-electron chi connectivity index (χ4n) is 6.30. The van der Waals surface area contributed by atoms with E-state index in [1.807, 2.05) is 24.3 Å². The van der Waals surface area contributed by atoms with Gasteiger partial charge in [0.25, 0.3) is 11.8 Å². The van der Waals surface area contributed by atoms with E-state index < -0.39 is 39.6 Å². The number of ether oxygens (including phenoxy) is 1. The summed E-state index contributed by atoms with van der Waals surface area (Å²) in [6, 6.07) is 19.9. The summed E-state index contributed by atoms with van der Waals surface area (Å²) in [5, 5.41) is 3.32. The van der Waals surface area contributed by atoms with Gasteiger partial charge in [0.1, 0.15) is 11.6 Å². The summed E-state index contributed by atoms with van der Waals surface area (Å²) in [5.74, 6) is -1.21. The maximum atomic E-state index is 13.8. The van der Waals surface area contributed by atoms with Crippen LogP contribution in [0.2, 0.25) is 5.02 Å². The van der Waals surface area contributed by atoms with E-state index in [0.29, 0.717) is 47.8 Å². The van der Waals surface area contributed by atoms with E-state index in [4.69, 9.17) is 16.3 Å². The second kappa shape index (κ2) is 14.6. The highest BCUT2D eigenvalue weighted by molar-refractivity contribution is 7.92. The molecule has 0 radical (unpaired) electrons. The number of sulfonamides is 1. The molecule has 2 heterocycles. The van der Waals surface area contributed by atoms with E-state index in [9.17, 15) is 27.6 Å². The molecule has 2 aliphatic heterocycles.